The van der Waals surface area contributed by atoms with Crippen molar-refractivity contribution >= 4 is 23.6 Å². The first-order valence-corrected chi connectivity index (χ1v) is 8.54. The van der Waals surface area contributed by atoms with Crippen LogP contribution in [0.25, 0.3) is 6.08 Å². The zero-order valence-corrected chi connectivity index (χ0v) is 15.9. The first-order valence-electron chi connectivity index (χ1n) is 8.54. The lowest BCUT2D eigenvalue weighted by atomic mass is 10.1. The average Bonchev–Trinajstić information content (AvgIpc) is 2.65. The van der Waals surface area contributed by atoms with Gasteiger partial charge in [0.25, 0.3) is 0 Å². The summed E-state index contributed by atoms with van der Waals surface area (Å²) in [7, 11) is 3.15. The van der Waals surface area contributed by atoms with Gasteiger partial charge >= 0.3 is 6.03 Å². The van der Waals surface area contributed by atoms with Gasteiger partial charge in [-0.15, -0.1) is 0 Å². The predicted molar refractivity (Wildman–Crippen MR) is 107 cm³/mol. The van der Waals surface area contributed by atoms with E-state index in [1.54, 1.807) is 50.6 Å². The Labute approximate surface area is 159 Å². The van der Waals surface area contributed by atoms with Crippen molar-refractivity contribution in [3.05, 3.63) is 59.7 Å². The Bertz CT molecular complexity index is 804. The van der Waals surface area contributed by atoms with Gasteiger partial charge in [-0.05, 0) is 61.9 Å². The van der Waals surface area contributed by atoms with Crippen LogP contribution in [0.5, 0.6) is 11.5 Å². The lowest BCUT2D eigenvalue weighted by Gasteiger charge is -2.10. The zero-order valence-electron chi connectivity index (χ0n) is 15.9. The molecule has 0 unspecified atom stereocenters. The van der Waals surface area contributed by atoms with E-state index in [4.69, 9.17) is 9.47 Å². The van der Waals surface area contributed by atoms with Crippen LogP contribution in [0.1, 0.15) is 29.8 Å². The summed E-state index contributed by atoms with van der Waals surface area (Å²) in [4.78, 5) is 24.0. The summed E-state index contributed by atoms with van der Waals surface area (Å²) in [6.07, 6.45) is 3.19. The summed E-state index contributed by atoms with van der Waals surface area (Å²) in [5.74, 6) is 1.16. The van der Waals surface area contributed by atoms with Crippen molar-refractivity contribution in [2.45, 2.75) is 19.9 Å². The Morgan fingerprint density at radius 3 is 2.07 bits per heavy atom. The lowest BCUT2D eigenvalue weighted by Crippen LogP contribution is -2.34. The van der Waals surface area contributed by atoms with Crippen LogP contribution in [-0.2, 0) is 0 Å². The predicted octanol–water partition coefficient (Wildman–Crippen LogP) is 4.13. The zero-order chi connectivity index (χ0) is 19.8. The number of amides is 2. The quantitative estimate of drug-likeness (QED) is 0.569. The number of benzene rings is 2. The first kappa shape index (κ1) is 20.0. The van der Waals surface area contributed by atoms with Crippen LogP contribution in [0.15, 0.2) is 48.5 Å². The maximum absolute atomic E-state index is 12.4. The number of hydrogen-bond acceptors (Lipinski definition) is 4. The molecule has 142 valence electrons. The Hall–Kier alpha value is -3.28. The molecule has 0 aliphatic carbocycles. The number of nitrogens with one attached hydrogen (secondary N) is 2. The van der Waals surface area contributed by atoms with E-state index < -0.39 is 0 Å². The summed E-state index contributed by atoms with van der Waals surface area (Å²) >= 11 is 0. The number of urea groups is 1. The van der Waals surface area contributed by atoms with Gasteiger partial charge in [0.15, 0.2) is 5.78 Å². The number of rotatable bonds is 7. The molecule has 6 heteroatoms. The molecule has 0 heterocycles. The number of anilines is 1. The van der Waals surface area contributed by atoms with Gasteiger partial charge in [-0.1, -0.05) is 6.08 Å². The summed E-state index contributed by atoms with van der Waals surface area (Å²) in [6.45, 7) is 3.76. The van der Waals surface area contributed by atoms with Crippen molar-refractivity contribution in [1.82, 2.24) is 5.32 Å². The molecule has 6 nitrogen and oxygen atoms in total. The third-order valence-electron chi connectivity index (χ3n) is 3.65. The molecule has 0 aliphatic heterocycles. The van der Waals surface area contributed by atoms with E-state index in [0.29, 0.717) is 22.7 Å². The molecule has 2 rings (SSSR count). The minimum Gasteiger partial charge on any atom is -0.497 e. The molecule has 2 amide bonds. The molecule has 2 aromatic rings. The summed E-state index contributed by atoms with van der Waals surface area (Å²) in [6, 6.07) is 11.9. The minimum absolute atomic E-state index is 0.0474. The van der Waals surface area contributed by atoms with Crippen molar-refractivity contribution in [2.75, 3.05) is 19.5 Å². The molecule has 2 N–H and O–H groups in total. The van der Waals surface area contributed by atoms with Gasteiger partial charge in [0.2, 0.25) is 0 Å². The van der Waals surface area contributed by atoms with Crippen molar-refractivity contribution < 1.29 is 19.1 Å². The Morgan fingerprint density at radius 1 is 0.963 bits per heavy atom. The Morgan fingerprint density at radius 2 is 1.56 bits per heavy atom. The second kappa shape index (κ2) is 9.43. The summed E-state index contributed by atoms with van der Waals surface area (Å²) in [5.41, 5.74) is 1.94. The van der Waals surface area contributed by atoms with E-state index in [1.165, 1.54) is 6.08 Å². The maximum atomic E-state index is 12.4. The van der Waals surface area contributed by atoms with E-state index >= 15 is 0 Å². The van der Waals surface area contributed by atoms with Crippen molar-refractivity contribution in [3.8, 4) is 11.5 Å². The van der Waals surface area contributed by atoms with Crippen LogP contribution in [0.3, 0.4) is 0 Å². The number of hydrogen-bond donors (Lipinski definition) is 2. The number of ketones is 1. The number of ether oxygens (including phenoxy) is 2. The largest absolute Gasteiger partial charge is 0.497 e. The highest BCUT2D eigenvalue weighted by Gasteiger charge is 2.06. The van der Waals surface area contributed by atoms with E-state index in [1.807, 2.05) is 26.0 Å². The third-order valence-corrected chi connectivity index (χ3v) is 3.65. The molecule has 0 radical (unpaired) electrons. The van der Waals surface area contributed by atoms with Crippen LogP contribution in [0.4, 0.5) is 10.5 Å². The highest BCUT2D eigenvalue weighted by molar-refractivity contribution is 6.07. The number of allylic oxidation sites excluding steroid dienone is 1. The Kier molecular flexibility index (Phi) is 7.00. The minimum atomic E-state index is -0.282. The fraction of sp³-hybridized carbons (Fsp3) is 0.238. The molecule has 0 aliphatic rings. The van der Waals surface area contributed by atoms with Crippen LogP contribution in [0, 0.1) is 0 Å². The fourth-order valence-corrected chi connectivity index (χ4v) is 2.34. The molecular formula is C21H24N2O4. The van der Waals surface area contributed by atoms with Gasteiger partial charge in [0, 0.05) is 23.4 Å². The maximum Gasteiger partial charge on any atom is 0.319 e. The molecule has 0 saturated carbocycles. The van der Waals surface area contributed by atoms with Crippen LogP contribution in [-0.4, -0.2) is 32.1 Å². The second-order valence-electron chi connectivity index (χ2n) is 6.17. The molecule has 0 atom stereocenters. The monoisotopic (exact) mass is 368 g/mol. The molecular weight excluding hydrogens is 344 g/mol. The average molecular weight is 368 g/mol. The van der Waals surface area contributed by atoms with Crippen molar-refractivity contribution in [2.24, 2.45) is 0 Å². The van der Waals surface area contributed by atoms with Crippen molar-refractivity contribution in [1.29, 1.82) is 0 Å². The van der Waals surface area contributed by atoms with Gasteiger partial charge in [-0.3, -0.25) is 4.79 Å². The van der Waals surface area contributed by atoms with E-state index in [-0.39, 0.29) is 17.9 Å². The first-order chi connectivity index (χ1) is 12.9. The SMILES string of the molecule is COc1cc(/C=C/C(=O)c2ccc(NC(=O)NC(C)C)cc2)cc(OC)c1. The third kappa shape index (κ3) is 6.18. The molecule has 0 saturated heterocycles. The number of carbonyl (C=O) groups excluding carboxylic acids is 2. The molecule has 0 aromatic heterocycles. The molecule has 0 bridgehead atoms. The smallest absolute Gasteiger partial charge is 0.319 e. The van der Waals surface area contributed by atoms with Gasteiger partial charge < -0.3 is 20.1 Å². The van der Waals surface area contributed by atoms with Gasteiger partial charge in [0.05, 0.1) is 14.2 Å². The fourth-order valence-electron chi connectivity index (χ4n) is 2.34. The number of methoxy groups -OCH3 is 2. The number of carbonyl (C=O) groups is 2. The lowest BCUT2D eigenvalue weighted by molar-refractivity contribution is 0.104. The molecule has 27 heavy (non-hydrogen) atoms. The van der Waals surface area contributed by atoms with E-state index in [9.17, 15) is 9.59 Å². The van der Waals surface area contributed by atoms with Gasteiger partial charge in [0.1, 0.15) is 11.5 Å². The molecule has 0 fully saturated rings. The highest BCUT2D eigenvalue weighted by atomic mass is 16.5. The van der Waals surface area contributed by atoms with E-state index in [0.717, 1.165) is 5.56 Å². The van der Waals surface area contributed by atoms with Crippen molar-refractivity contribution in [3.63, 3.8) is 0 Å². The van der Waals surface area contributed by atoms with E-state index in [2.05, 4.69) is 10.6 Å². The summed E-state index contributed by atoms with van der Waals surface area (Å²) < 4.78 is 10.4. The van der Waals surface area contributed by atoms with Gasteiger partial charge in [-0.2, -0.15) is 0 Å². The standard InChI is InChI=1S/C21H24N2O4/c1-14(2)22-21(25)23-17-8-6-16(7-9-17)20(24)10-5-15-11-18(26-3)13-19(12-15)27-4/h5-14H,1-4H3,(H2,22,23,25)/b10-5+. The second-order valence-corrected chi connectivity index (χ2v) is 6.17. The van der Waals surface area contributed by atoms with Crippen LogP contribution in [0.2, 0.25) is 0 Å². The van der Waals surface area contributed by atoms with Gasteiger partial charge in [-0.25, -0.2) is 4.79 Å². The Balaban J connectivity index is 2.05. The molecule has 0 spiro atoms. The van der Waals surface area contributed by atoms with Crippen LogP contribution < -0.4 is 20.1 Å². The van der Waals surface area contributed by atoms with Crippen LogP contribution >= 0.6 is 0 Å². The topological polar surface area (TPSA) is 76.7 Å². The normalized spacial score (nSPS) is 10.7. The summed E-state index contributed by atoms with van der Waals surface area (Å²) in [5, 5.41) is 5.45. The molecule has 2 aromatic carbocycles. The highest BCUT2D eigenvalue weighted by Crippen LogP contribution is 2.23.